The van der Waals surface area contributed by atoms with Crippen molar-refractivity contribution in [2.24, 2.45) is 0 Å². The van der Waals surface area contributed by atoms with Crippen molar-refractivity contribution in [1.29, 1.82) is 0 Å². The summed E-state index contributed by atoms with van der Waals surface area (Å²) >= 11 is 0. The van der Waals surface area contributed by atoms with Crippen molar-refractivity contribution in [2.75, 3.05) is 13.1 Å². The van der Waals surface area contributed by atoms with Crippen LogP contribution in [-0.2, 0) is 10.0 Å². The van der Waals surface area contributed by atoms with Gasteiger partial charge in [0.15, 0.2) is 0 Å². The van der Waals surface area contributed by atoms with Crippen LogP contribution in [-0.4, -0.2) is 30.8 Å². The Kier molecular flexibility index (Phi) is 3.75. The van der Waals surface area contributed by atoms with Crippen LogP contribution in [0.3, 0.4) is 0 Å². The van der Waals surface area contributed by atoms with E-state index in [0.29, 0.717) is 24.4 Å². The van der Waals surface area contributed by atoms with E-state index >= 15 is 0 Å². The second-order valence-electron chi connectivity index (χ2n) is 5.90. The molecule has 0 amide bonds. The Hall–Kier alpha value is -2.37. The fourth-order valence-corrected chi connectivity index (χ4v) is 4.59. The molecule has 0 aliphatic carbocycles. The molecule has 0 atom stereocenters. The SMILES string of the molecule is O=S(=O)(c1ccccc1)N1CC=C(c2c[nH]c3ccccc23)CC1. The summed E-state index contributed by atoms with van der Waals surface area (Å²) in [6.45, 7) is 0.911. The monoisotopic (exact) mass is 338 g/mol. The zero-order chi connectivity index (χ0) is 16.6. The number of H-pyrrole nitrogens is 1. The number of benzene rings is 2. The normalized spacial score (nSPS) is 16.2. The minimum Gasteiger partial charge on any atom is -0.361 e. The largest absolute Gasteiger partial charge is 0.361 e. The average molecular weight is 338 g/mol. The first-order valence-corrected chi connectivity index (χ1v) is 9.41. The fourth-order valence-electron chi connectivity index (χ4n) is 3.19. The van der Waals surface area contributed by atoms with E-state index in [1.54, 1.807) is 28.6 Å². The smallest absolute Gasteiger partial charge is 0.243 e. The number of nitrogens with zero attached hydrogens (tertiary/aromatic N) is 1. The number of hydrogen-bond donors (Lipinski definition) is 1. The van der Waals surface area contributed by atoms with E-state index in [2.05, 4.69) is 11.1 Å². The van der Waals surface area contributed by atoms with Gasteiger partial charge in [-0.3, -0.25) is 0 Å². The Labute approximate surface area is 141 Å². The molecule has 1 aliphatic rings. The lowest BCUT2D eigenvalue weighted by Gasteiger charge is -2.25. The van der Waals surface area contributed by atoms with Gasteiger partial charge in [0.1, 0.15) is 0 Å². The molecular weight excluding hydrogens is 320 g/mol. The third kappa shape index (κ3) is 2.56. The first-order valence-electron chi connectivity index (χ1n) is 7.97. The zero-order valence-electron chi connectivity index (χ0n) is 13.1. The molecule has 5 heteroatoms. The van der Waals surface area contributed by atoms with Crippen LogP contribution in [0.1, 0.15) is 12.0 Å². The molecule has 0 saturated carbocycles. The van der Waals surface area contributed by atoms with E-state index < -0.39 is 10.0 Å². The van der Waals surface area contributed by atoms with Crippen LogP contribution < -0.4 is 0 Å². The van der Waals surface area contributed by atoms with Crippen molar-refractivity contribution in [1.82, 2.24) is 9.29 Å². The van der Waals surface area contributed by atoms with E-state index in [4.69, 9.17) is 0 Å². The van der Waals surface area contributed by atoms with Gasteiger partial charge in [-0.05, 0) is 30.2 Å². The van der Waals surface area contributed by atoms with Crippen LogP contribution in [0.5, 0.6) is 0 Å². The molecule has 0 spiro atoms. The minimum absolute atomic E-state index is 0.356. The molecule has 0 bridgehead atoms. The van der Waals surface area contributed by atoms with Crippen LogP contribution in [0, 0.1) is 0 Å². The van der Waals surface area contributed by atoms with Gasteiger partial charge >= 0.3 is 0 Å². The molecule has 1 aromatic heterocycles. The third-order valence-corrected chi connectivity index (χ3v) is 6.37. The van der Waals surface area contributed by atoms with Crippen molar-refractivity contribution in [3.05, 3.63) is 72.4 Å². The maximum atomic E-state index is 12.7. The summed E-state index contributed by atoms with van der Waals surface area (Å²) in [4.78, 5) is 3.64. The summed E-state index contributed by atoms with van der Waals surface area (Å²) in [5.74, 6) is 0. The van der Waals surface area contributed by atoms with Gasteiger partial charge in [-0.2, -0.15) is 4.31 Å². The molecule has 0 fully saturated rings. The summed E-state index contributed by atoms with van der Waals surface area (Å²) in [6, 6.07) is 16.8. The molecule has 122 valence electrons. The van der Waals surface area contributed by atoms with E-state index in [1.807, 2.05) is 36.5 Å². The highest BCUT2D eigenvalue weighted by molar-refractivity contribution is 7.89. The number of fused-ring (bicyclic) bond motifs is 1. The van der Waals surface area contributed by atoms with Crippen LogP contribution in [0.15, 0.2) is 71.8 Å². The van der Waals surface area contributed by atoms with Crippen molar-refractivity contribution in [2.45, 2.75) is 11.3 Å². The van der Waals surface area contributed by atoms with Gasteiger partial charge in [0, 0.05) is 35.8 Å². The summed E-state index contributed by atoms with van der Waals surface area (Å²) in [5, 5.41) is 1.18. The number of hydrogen-bond acceptors (Lipinski definition) is 2. The van der Waals surface area contributed by atoms with Gasteiger partial charge in [0.25, 0.3) is 0 Å². The molecule has 2 aromatic carbocycles. The van der Waals surface area contributed by atoms with E-state index in [-0.39, 0.29) is 0 Å². The van der Waals surface area contributed by atoms with Crippen molar-refractivity contribution in [3.63, 3.8) is 0 Å². The highest BCUT2D eigenvalue weighted by atomic mass is 32.2. The van der Waals surface area contributed by atoms with Gasteiger partial charge in [-0.15, -0.1) is 0 Å². The molecule has 0 saturated heterocycles. The molecule has 4 rings (SSSR count). The van der Waals surface area contributed by atoms with E-state index in [1.165, 1.54) is 16.5 Å². The van der Waals surface area contributed by atoms with Gasteiger partial charge in [-0.25, -0.2) is 8.42 Å². The Bertz CT molecular complexity index is 1000. The Morgan fingerprint density at radius 1 is 0.958 bits per heavy atom. The number of rotatable bonds is 3. The summed E-state index contributed by atoms with van der Waals surface area (Å²) < 4.78 is 26.9. The first-order chi connectivity index (χ1) is 11.7. The lowest BCUT2D eigenvalue weighted by molar-refractivity contribution is 0.441. The predicted octanol–water partition coefficient (Wildman–Crippen LogP) is 3.65. The lowest BCUT2D eigenvalue weighted by atomic mass is 10.00. The number of sulfonamides is 1. The Morgan fingerprint density at radius 3 is 2.46 bits per heavy atom. The predicted molar refractivity (Wildman–Crippen MR) is 96.1 cm³/mol. The minimum atomic E-state index is -3.42. The van der Waals surface area contributed by atoms with E-state index in [9.17, 15) is 8.42 Å². The maximum absolute atomic E-state index is 12.7. The summed E-state index contributed by atoms with van der Waals surface area (Å²) in [5.41, 5.74) is 3.47. The molecule has 4 nitrogen and oxygen atoms in total. The number of nitrogens with one attached hydrogen (secondary N) is 1. The molecule has 0 radical (unpaired) electrons. The van der Waals surface area contributed by atoms with Crippen LogP contribution in [0.4, 0.5) is 0 Å². The highest BCUT2D eigenvalue weighted by Crippen LogP contribution is 2.30. The van der Waals surface area contributed by atoms with Crippen LogP contribution in [0.2, 0.25) is 0 Å². The molecule has 2 heterocycles. The summed E-state index contributed by atoms with van der Waals surface area (Å²) in [6.07, 6.45) is 4.76. The average Bonchev–Trinajstić information content (AvgIpc) is 3.07. The molecule has 24 heavy (non-hydrogen) atoms. The molecule has 3 aromatic rings. The van der Waals surface area contributed by atoms with Gasteiger partial charge in [-0.1, -0.05) is 42.5 Å². The Balaban J connectivity index is 1.62. The quantitative estimate of drug-likeness (QED) is 0.792. The fraction of sp³-hybridized carbons (Fsp3) is 0.158. The molecule has 1 N–H and O–H groups in total. The van der Waals surface area contributed by atoms with Crippen LogP contribution in [0.25, 0.3) is 16.5 Å². The number of para-hydroxylation sites is 1. The lowest BCUT2D eigenvalue weighted by Crippen LogP contribution is -2.34. The van der Waals surface area contributed by atoms with Crippen molar-refractivity contribution in [3.8, 4) is 0 Å². The van der Waals surface area contributed by atoms with Gasteiger partial charge in [0.05, 0.1) is 4.90 Å². The second kappa shape index (κ2) is 5.92. The number of aromatic amines is 1. The van der Waals surface area contributed by atoms with Gasteiger partial charge in [0.2, 0.25) is 10.0 Å². The molecule has 0 unspecified atom stereocenters. The van der Waals surface area contributed by atoms with E-state index in [0.717, 1.165) is 5.52 Å². The third-order valence-electron chi connectivity index (χ3n) is 4.49. The number of aromatic nitrogens is 1. The standard InChI is InChI=1S/C19H18N2O2S/c22-24(23,16-6-2-1-3-7-16)21-12-10-15(11-13-21)18-14-20-19-9-5-4-8-17(18)19/h1-10,14,20H,11-13H2. The van der Waals surface area contributed by atoms with Crippen molar-refractivity contribution >= 4 is 26.5 Å². The van der Waals surface area contributed by atoms with Crippen LogP contribution >= 0.6 is 0 Å². The Morgan fingerprint density at radius 2 is 1.71 bits per heavy atom. The second-order valence-corrected chi connectivity index (χ2v) is 7.84. The molecular formula is C19H18N2O2S. The first kappa shape index (κ1) is 15.2. The van der Waals surface area contributed by atoms with Crippen molar-refractivity contribution < 1.29 is 8.42 Å². The highest BCUT2D eigenvalue weighted by Gasteiger charge is 2.26. The molecule has 1 aliphatic heterocycles. The maximum Gasteiger partial charge on any atom is 0.243 e. The zero-order valence-corrected chi connectivity index (χ0v) is 14.0. The summed E-state index contributed by atoms with van der Waals surface area (Å²) in [7, 11) is -3.42. The topological polar surface area (TPSA) is 53.2 Å². The van der Waals surface area contributed by atoms with Gasteiger partial charge < -0.3 is 4.98 Å².